The molecule has 2 aliphatic heterocycles. The first kappa shape index (κ1) is 29.2. The van der Waals surface area contributed by atoms with Crippen LogP contribution in [-0.4, -0.2) is 69.1 Å². The van der Waals surface area contributed by atoms with E-state index in [2.05, 4.69) is 28.9 Å². The highest BCUT2D eigenvalue weighted by atomic mass is 32.2. The number of hydrogen-bond donors (Lipinski definition) is 5. The van der Waals surface area contributed by atoms with Crippen LogP contribution in [0.25, 0.3) is 0 Å². The van der Waals surface area contributed by atoms with Crippen LogP contribution in [0, 0.1) is 11.3 Å². The molecule has 10 nitrogen and oxygen atoms in total. The number of anilines is 1. The van der Waals surface area contributed by atoms with Gasteiger partial charge in [0.1, 0.15) is 10.9 Å². The molecule has 0 aliphatic carbocycles. The van der Waals surface area contributed by atoms with Gasteiger partial charge >= 0.3 is 0 Å². The van der Waals surface area contributed by atoms with Gasteiger partial charge in [-0.05, 0) is 74.3 Å². The monoisotopic (exact) mass is 536 g/mol. The summed E-state index contributed by atoms with van der Waals surface area (Å²) in [6, 6.07) is 4.44. The second-order valence-electron chi connectivity index (χ2n) is 10.4. The smallest absolute Gasteiger partial charge is 0.243 e. The quantitative estimate of drug-likeness (QED) is 0.154. The number of sulfonamides is 1. The first-order chi connectivity index (χ1) is 17.6. The Morgan fingerprint density at radius 2 is 1.97 bits per heavy atom. The summed E-state index contributed by atoms with van der Waals surface area (Å²) in [4.78, 5) is 19.4. The van der Waals surface area contributed by atoms with E-state index in [0.29, 0.717) is 44.2 Å². The molecule has 1 amide bonds. The summed E-state index contributed by atoms with van der Waals surface area (Å²) in [5.41, 5.74) is 12.6. The molecule has 2 aliphatic rings. The zero-order chi connectivity index (χ0) is 27.1. The second-order valence-corrected chi connectivity index (χ2v) is 12.1. The predicted molar refractivity (Wildman–Crippen MR) is 147 cm³/mol. The molecular formula is C26H44N6O4S. The Balaban J connectivity index is 1.81. The number of nitrogens with one attached hydrogen (secondary N) is 2. The summed E-state index contributed by atoms with van der Waals surface area (Å²) in [6.45, 7) is 6.60. The van der Waals surface area contributed by atoms with Gasteiger partial charge in [-0.25, -0.2) is 8.42 Å². The van der Waals surface area contributed by atoms with E-state index in [0.717, 1.165) is 44.1 Å². The van der Waals surface area contributed by atoms with Gasteiger partial charge in [-0.1, -0.05) is 26.0 Å². The lowest BCUT2D eigenvalue weighted by atomic mass is 9.74. The summed E-state index contributed by atoms with van der Waals surface area (Å²) in [6.07, 6.45) is 5.88. The number of carbonyl (C=O) groups excluding carboxylic acids is 1. The van der Waals surface area contributed by atoms with Crippen LogP contribution in [0.1, 0.15) is 64.4 Å². The Morgan fingerprint density at radius 3 is 2.59 bits per heavy atom. The SMILES string of the molecule is CCC1(CC)CNc2c(cccc2S(=O)(=O)N[C@@H](CCCN=C(N)N)C(=O)N2CCC(CCO)CC2)C1. The van der Waals surface area contributed by atoms with Crippen molar-refractivity contribution in [3.63, 3.8) is 0 Å². The molecule has 0 saturated carbocycles. The zero-order valence-corrected chi connectivity index (χ0v) is 23.0. The van der Waals surface area contributed by atoms with Gasteiger partial charge in [-0.3, -0.25) is 9.79 Å². The molecule has 1 fully saturated rings. The van der Waals surface area contributed by atoms with Crippen LogP contribution < -0.4 is 21.5 Å². The molecule has 3 rings (SSSR count). The lowest BCUT2D eigenvalue weighted by molar-refractivity contribution is -0.134. The van der Waals surface area contributed by atoms with Crippen LogP contribution in [0.4, 0.5) is 5.69 Å². The number of para-hydroxylation sites is 1. The first-order valence-electron chi connectivity index (χ1n) is 13.5. The normalized spacial score (nSPS) is 18.5. The van der Waals surface area contributed by atoms with Crippen molar-refractivity contribution < 1.29 is 18.3 Å². The maximum absolute atomic E-state index is 13.7. The third-order valence-corrected chi connectivity index (χ3v) is 9.63. The van der Waals surface area contributed by atoms with E-state index in [1.807, 2.05) is 6.07 Å². The molecule has 0 unspecified atom stereocenters. The summed E-state index contributed by atoms with van der Waals surface area (Å²) in [7, 11) is -3.99. The minimum atomic E-state index is -3.99. The molecule has 0 spiro atoms. The fraction of sp³-hybridized carbons (Fsp3) is 0.692. The Labute approximate surface area is 221 Å². The van der Waals surface area contributed by atoms with E-state index in [1.165, 1.54) is 0 Å². The number of nitrogens with zero attached hydrogens (tertiary/aromatic N) is 2. The minimum absolute atomic E-state index is 0.0355. The fourth-order valence-corrected chi connectivity index (χ4v) is 6.92. The van der Waals surface area contributed by atoms with E-state index >= 15 is 0 Å². The highest BCUT2D eigenvalue weighted by molar-refractivity contribution is 7.89. The maximum Gasteiger partial charge on any atom is 0.243 e. The zero-order valence-electron chi connectivity index (χ0n) is 22.2. The van der Waals surface area contributed by atoms with E-state index in [4.69, 9.17) is 11.5 Å². The van der Waals surface area contributed by atoms with Gasteiger partial charge in [0.15, 0.2) is 5.96 Å². The van der Waals surface area contributed by atoms with Crippen molar-refractivity contribution in [3.8, 4) is 0 Å². The highest BCUT2D eigenvalue weighted by Gasteiger charge is 2.36. The molecule has 0 radical (unpaired) electrons. The van der Waals surface area contributed by atoms with Crippen molar-refractivity contribution in [1.29, 1.82) is 0 Å². The van der Waals surface area contributed by atoms with Gasteiger partial charge in [0, 0.05) is 32.8 Å². The number of carbonyl (C=O) groups is 1. The van der Waals surface area contributed by atoms with Crippen LogP contribution in [-0.2, 0) is 21.2 Å². The second kappa shape index (κ2) is 12.9. The predicted octanol–water partition coefficient (Wildman–Crippen LogP) is 1.78. The lowest BCUT2D eigenvalue weighted by Crippen LogP contribution is -2.51. The Kier molecular flexibility index (Phi) is 10.2. The average Bonchev–Trinajstić information content (AvgIpc) is 2.89. The van der Waals surface area contributed by atoms with Gasteiger partial charge in [0.05, 0.1) is 5.69 Å². The van der Waals surface area contributed by atoms with Crippen molar-refractivity contribution >= 4 is 27.6 Å². The number of fused-ring (bicyclic) bond motifs is 1. The number of likely N-dealkylation sites (tertiary alicyclic amines) is 1. The van der Waals surface area contributed by atoms with E-state index < -0.39 is 16.1 Å². The minimum Gasteiger partial charge on any atom is -0.396 e. The standard InChI is InChI=1S/C26H44N6O4S/c1-3-26(4-2)17-20-7-5-9-22(23(20)30-18-26)37(35,36)31-21(8-6-13-29-25(27)28)24(34)32-14-10-19(11-15-32)12-16-33/h5,7,9,19,21,30-31,33H,3-4,6,8,10-18H2,1-2H3,(H4,27,28,29)/t21-/m0/s1. The molecule has 11 heteroatoms. The number of benzene rings is 1. The molecule has 7 N–H and O–H groups in total. The average molecular weight is 537 g/mol. The van der Waals surface area contributed by atoms with Crippen molar-refractivity contribution in [1.82, 2.24) is 9.62 Å². The van der Waals surface area contributed by atoms with Crippen molar-refractivity contribution in [2.45, 2.75) is 76.2 Å². The number of amides is 1. The molecule has 2 heterocycles. The van der Waals surface area contributed by atoms with E-state index in [-0.39, 0.29) is 35.2 Å². The topological polar surface area (TPSA) is 163 Å². The van der Waals surface area contributed by atoms with Crippen LogP contribution >= 0.6 is 0 Å². The van der Waals surface area contributed by atoms with Crippen molar-refractivity contribution in [2.75, 3.05) is 38.1 Å². The van der Waals surface area contributed by atoms with Crippen LogP contribution in [0.2, 0.25) is 0 Å². The number of aliphatic hydroxyl groups excluding tert-OH is 1. The van der Waals surface area contributed by atoms with Gasteiger partial charge in [0.2, 0.25) is 15.9 Å². The van der Waals surface area contributed by atoms with Crippen molar-refractivity contribution in [2.24, 2.45) is 27.8 Å². The number of nitrogens with two attached hydrogens (primary N) is 2. The fourth-order valence-electron chi connectivity index (χ4n) is 5.47. The number of guanidine groups is 1. The third kappa shape index (κ3) is 7.36. The van der Waals surface area contributed by atoms with Crippen LogP contribution in [0.3, 0.4) is 0 Å². The first-order valence-corrected chi connectivity index (χ1v) is 15.0. The molecular weight excluding hydrogens is 492 g/mol. The maximum atomic E-state index is 13.7. The highest BCUT2D eigenvalue weighted by Crippen LogP contribution is 2.40. The van der Waals surface area contributed by atoms with Crippen LogP contribution in [0.15, 0.2) is 28.1 Å². The lowest BCUT2D eigenvalue weighted by Gasteiger charge is -2.38. The van der Waals surface area contributed by atoms with Gasteiger partial charge in [-0.15, -0.1) is 0 Å². The largest absolute Gasteiger partial charge is 0.396 e. The number of piperidine rings is 1. The van der Waals surface area contributed by atoms with Gasteiger partial charge in [0.25, 0.3) is 0 Å². The van der Waals surface area contributed by atoms with Gasteiger partial charge in [-0.2, -0.15) is 4.72 Å². The van der Waals surface area contributed by atoms with E-state index in [1.54, 1.807) is 17.0 Å². The molecule has 1 atom stereocenters. The molecule has 208 valence electrons. The Morgan fingerprint density at radius 1 is 1.27 bits per heavy atom. The molecule has 1 saturated heterocycles. The summed E-state index contributed by atoms with van der Waals surface area (Å²) < 4.78 is 30.0. The van der Waals surface area contributed by atoms with Gasteiger partial charge < -0.3 is 26.8 Å². The Hall–Kier alpha value is -2.37. The van der Waals surface area contributed by atoms with Crippen molar-refractivity contribution in [3.05, 3.63) is 23.8 Å². The number of aliphatic hydroxyl groups is 1. The van der Waals surface area contributed by atoms with E-state index in [9.17, 15) is 18.3 Å². The molecule has 0 aromatic heterocycles. The molecule has 1 aromatic rings. The summed E-state index contributed by atoms with van der Waals surface area (Å²) in [5.74, 6) is 0.113. The summed E-state index contributed by atoms with van der Waals surface area (Å²) >= 11 is 0. The number of hydrogen-bond acceptors (Lipinski definition) is 6. The summed E-state index contributed by atoms with van der Waals surface area (Å²) in [5, 5.41) is 12.6. The van der Waals surface area contributed by atoms with Crippen LogP contribution in [0.5, 0.6) is 0 Å². The number of aliphatic imine (C=N–C) groups is 1. The third-order valence-electron chi connectivity index (χ3n) is 8.11. The molecule has 1 aromatic carbocycles. The Bertz CT molecular complexity index is 1050. The molecule has 37 heavy (non-hydrogen) atoms. The molecule has 0 bridgehead atoms. The number of rotatable bonds is 12.